The second-order valence-electron chi connectivity index (χ2n) is 5.67. The molecule has 0 amide bonds. The normalized spacial score (nSPS) is 17.3. The fourth-order valence-electron chi connectivity index (χ4n) is 3.02. The van der Waals surface area contributed by atoms with Gasteiger partial charge in [0.15, 0.2) is 0 Å². The molecule has 2 heterocycles. The molecule has 0 fully saturated rings. The Morgan fingerprint density at radius 2 is 2.00 bits per heavy atom. The van der Waals surface area contributed by atoms with Gasteiger partial charge in [0.1, 0.15) is 11.3 Å². The van der Waals surface area contributed by atoms with E-state index in [4.69, 9.17) is 13.9 Å². The Balaban J connectivity index is 1.85. The fourth-order valence-corrected chi connectivity index (χ4v) is 3.02. The third-order valence-electron chi connectivity index (χ3n) is 4.37. The zero-order valence-electron chi connectivity index (χ0n) is 13.7. The number of nitrogens with zero attached hydrogens (tertiary/aromatic N) is 1. The topological polar surface area (TPSA) is 51.9 Å². The summed E-state index contributed by atoms with van der Waals surface area (Å²) < 4.78 is 17.3. The van der Waals surface area contributed by atoms with Gasteiger partial charge >= 0.3 is 5.63 Å². The van der Waals surface area contributed by atoms with Gasteiger partial charge in [-0.15, -0.1) is 0 Å². The van der Waals surface area contributed by atoms with Crippen LogP contribution in [-0.2, 0) is 4.74 Å². The summed E-state index contributed by atoms with van der Waals surface area (Å²) in [5, 5.41) is 0.895. The highest BCUT2D eigenvalue weighted by atomic mass is 16.5. The van der Waals surface area contributed by atoms with E-state index in [0.717, 1.165) is 42.8 Å². The van der Waals surface area contributed by atoms with Crippen LogP contribution in [0.2, 0.25) is 0 Å². The van der Waals surface area contributed by atoms with E-state index in [0.29, 0.717) is 18.8 Å². The van der Waals surface area contributed by atoms with E-state index in [9.17, 15) is 4.79 Å². The number of hydrogen-bond donors (Lipinski definition) is 0. The summed E-state index contributed by atoms with van der Waals surface area (Å²) in [7, 11) is 0. The first-order valence-electron chi connectivity index (χ1n) is 8.26. The maximum Gasteiger partial charge on any atom is 0.336 e. The molecular formula is C18H23NO4. The highest BCUT2D eigenvalue weighted by Crippen LogP contribution is 2.39. The van der Waals surface area contributed by atoms with Crippen LogP contribution in [0.4, 0.5) is 0 Å². The summed E-state index contributed by atoms with van der Waals surface area (Å²) in [6.07, 6.45) is 0.673. The minimum atomic E-state index is -0.349. The van der Waals surface area contributed by atoms with Crippen molar-refractivity contribution in [3.63, 3.8) is 0 Å². The van der Waals surface area contributed by atoms with Gasteiger partial charge in [0, 0.05) is 24.4 Å². The molecule has 1 aromatic carbocycles. The highest BCUT2D eigenvalue weighted by Gasteiger charge is 2.26. The molecule has 23 heavy (non-hydrogen) atoms. The van der Waals surface area contributed by atoms with Gasteiger partial charge in [-0.1, -0.05) is 13.8 Å². The fraction of sp³-hybridized carbons (Fsp3) is 0.500. The number of benzene rings is 1. The third-order valence-corrected chi connectivity index (χ3v) is 4.37. The van der Waals surface area contributed by atoms with Crippen molar-refractivity contribution in [1.82, 2.24) is 4.90 Å². The van der Waals surface area contributed by atoms with Crippen LogP contribution in [0.1, 0.15) is 31.9 Å². The zero-order chi connectivity index (χ0) is 16.2. The number of hydrogen-bond acceptors (Lipinski definition) is 5. The predicted octanol–water partition coefficient (Wildman–Crippen LogP) is 2.98. The van der Waals surface area contributed by atoms with Crippen LogP contribution in [0.15, 0.2) is 33.5 Å². The standard InChI is InChI=1S/C18H23NO4/c1-3-19(4-2)10-12-22-15-9-11-21-14-7-5-13-6-8-16(20)23-18(13)17(14)15/h5-8,15H,3-4,9-12H2,1-2H3. The SMILES string of the molecule is CCN(CC)CCOC1CCOc2ccc3ccc(=O)oc3c21. The molecule has 1 atom stereocenters. The molecule has 1 aliphatic heterocycles. The first-order chi connectivity index (χ1) is 11.2. The summed E-state index contributed by atoms with van der Waals surface area (Å²) in [6.45, 7) is 8.49. The van der Waals surface area contributed by atoms with E-state index in [1.165, 1.54) is 6.07 Å². The molecule has 1 unspecified atom stereocenters. The average Bonchev–Trinajstić information content (AvgIpc) is 2.58. The molecular weight excluding hydrogens is 294 g/mol. The minimum absolute atomic E-state index is 0.0939. The van der Waals surface area contributed by atoms with E-state index < -0.39 is 0 Å². The lowest BCUT2D eigenvalue weighted by molar-refractivity contribution is 0.0139. The predicted molar refractivity (Wildman–Crippen MR) is 89.1 cm³/mol. The summed E-state index contributed by atoms with van der Waals surface area (Å²) in [5.41, 5.74) is 1.10. The minimum Gasteiger partial charge on any atom is -0.493 e. The van der Waals surface area contributed by atoms with Gasteiger partial charge in [-0.2, -0.15) is 0 Å². The van der Waals surface area contributed by atoms with Crippen LogP contribution in [0.5, 0.6) is 5.75 Å². The van der Waals surface area contributed by atoms with Crippen molar-refractivity contribution in [1.29, 1.82) is 0 Å². The molecule has 124 valence electrons. The molecule has 0 bridgehead atoms. The summed E-state index contributed by atoms with van der Waals surface area (Å²) in [5.74, 6) is 0.755. The summed E-state index contributed by atoms with van der Waals surface area (Å²) in [6, 6.07) is 7.06. The smallest absolute Gasteiger partial charge is 0.336 e. The lowest BCUT2D eigenvalue weighted by Crippen LogP contribution is -2.28. The number of likely N-dealkylation sites (N-methyl/N-ethyl adjacent to an activating group) is 1. The van der Waals surface area contributed by atoms with E-state index in [-0.39, 0.29) is 11.7 Å². The van der Waals surface area contributed by atoms with Gasteiger partial charge in [0.2, 0.25) is 0 Å². The molecule has 2 aromatic rings. The largest absolute Gasteiger partial charge is 0.493 e. The van der Waals surface area contributed by atoms with Crippen LogP contribution in [0, 0.1) is 0 Å². The van der Waals surface area contributed by atoms with Gasteiger partial charge in [-0.05, 0) is 31.3 Å². The summed E-state index contributed by atoms with van der Waals surface area (Å²) >= 11 is 0. The van der Waals surface area contributed by atoms with Crippen molar-refractivity contribution in [3.8, 4) is 5.75 Å². The van der Waals surface area contributed by atoms with Crippen molar-refractivity contribution < 1.29 is 13.9 Å². The maximum atomic E-state index is 11.6. The van der Waals surface area contributed by atoms with Crippen LogP contribution in [-0.4, -0.2) is 37.7 Å². The van der Waals surface area contributed by atoms with Gasteiger partial charge < -0.3 is 18.8 Å². The monoisotopic (exact) mass is 317 g/mol. The maximum absolute atomic E-state index is 11.6. The molecule has 3 rings (SSSR count). The van der Waals surface area contributed by atoms with E-state index in [2.05, 4.69) is 18.7 Å². The van der Waals surface area contributed by atoms with Crippen molar-refractivity contribution in [2.24, 2.45) is 0 Å². The second kappa shape index (κ2) is 7.15. The van der Waals surface area contributed by atoms with E-state index >= 15 is 0 Å². The Kier molecular flexibility index (Phi) is 4.98. The lowest BCUT2D eigenvalue weighted by Gasteiger charge is -2.27. The number of fused-ring (bicyclic) bond motifs is 3. The van der Waals surface area contributed by atoms with E-state index in [1.54, 1.807) is 6.07 Å². The summed E-state index contributed by atoms with van der Waals surface area (Å²) in [4.78, 5) is 13.9. The van der Waals surface area contributed by atoms with Crippen molar-refractivity contribution in [3.05, 3.63) is 40.2 Å². The van der Waals surface area contributed by atoms with Crippen molar-refractivity contribution in [2.75, 3.05) is 32.8 Å². The molecule has 1 aromatic heterocycles. The van der Waals surface area contributed by atoms with Gasteiger partial charge in [-0.25, -0.2) is 4.79 Å². The third kappa shape index (κ3) is 3.41. The Labute approximate surface area is 135 Å². The Bertz CT molecular complexity index is 721. The lowest BCUT2D eigenvalue weighted by atomic mass is 10.0. The highest BCUT2D eigenvalue weighted by molar-refractivity contribution is 5.82. The van der Waals surface area contributed by atoms with Gasteiger partial charge in [0.05, 0.1) is 24.9 Å². The van der Waals surface area contributed by atoms with Crippen LogP contribution >= 0.6 is 0 Å². The Morgan fingerprint density at radius 1 is 1.22 bits per heavy atom. The first kappa shape index (κ1) is 16.0. The van der Waals surface area contributed by atoms with E-state index in [1.807, 2.05) is 12.1 Å². The molecule has 0 saturated carbocycles. The first-order valence-corrected chi connectivity index (χ1v) is 8.26. The second-order valence-corrected chi connectivity index (χ2v) is 5.67. The van der Waals surface area contributed by atoms with Gasteiger partial charge in [0.25, 0.3) is 0 Å². The Hall–Kier alpha value is -1.85. The molecule has 0 saturated heterocycles. The number of rotatable bonds is 6. The van der Waals surface area contributed by atoms with Crippen molar-refractivity contribution >= 4 is 11.0 Å². The molecule has 1 aliphatic rings. The van der Waals surface area contributed by atoms with Gasteiger partial charge in [-0.3, -0.25) is 0 Å². The zero-order valence-corrected chi connectivity index (χ0v) is 13.7. The molecule has 5 heteroatoms. The molecule has 5 nitrogen and oxygen atoms in total. The van der Waals surface area contributed by atoms with Crippen LogP contribution in [0.3, 0.4) is 0 Å². The van der Waals surface area contributed by atoms with Crippen LogP contribution in [0.25, 0.3) is 11.0 Å². The quantitative estimate of drug-likeness (QED) is 0.767. The van der Waals surface area contributed by atoms with Crippen molar-refractivity contribution in [2.45, 2.75) is 26.4 Å². The molecule has 0 N–H and O–H groups in total. The molecule has 0 aliphatic carbocycles. The molecule has 0 radical (unpaired) electrons. The van der Waals surface area contributed by atoms with Crippen LogP contribution < -0.4 is 10.4 Å². The molecule has 0 spiro atoms. The number of ether oxygens (including phenoxy) is 2. The Morgan fingerprint density at radius 3 is 2.78 bits per heavy atom. The average molecular weight is 317 g/mol.